The van der Waals surface area contributed by atoms with Gasteiger partial charge in [0, 0.05) is 7.11 Å². The van der Waals surface area contributed by atoms with Gasteiger partial charge >= 0.3 is 6.18 Å². The van der Waals surface area contributed by atoms with Crippen molar-refractivity contribution in [3.63, 3.8) is 0 Å². The Kier molecular flexibility index (Phi) is 2.89. The Morgan fingerprint density at radius 1 is 1.29 bits per heavy atom. The lowest BCUT2D eigenvalue weighted by Crippen LogP contribution is -2.46. The average molecular weight is 248 g/mol. The number of alkyl halides is 3. The minimum Gasteiger partial charge on any atom is -0.364 e. The molecule has 0 aromatic heterocycles. The molecule has 1 unspecified atom stereocenters. The average Bonchev–Trinajstić information content (AvgIpc) is 2.27. The van der Waals surface area contributed by atoms with E-state index in [1.165, 1.54) is 18.2 Å². The number of benzene rings is 1. The highest BCUT2D eigenvalue weighted by Gasteiger charge is 2.58. The van der Waals surface area contributed by atoms with Crippen LogP contribution in [0.15, 0.2) is 18.2 Å². The van der Waals surface area contributed by atoms with Gasteiger partial charge in [-0.25, -0.2) is 4.39 Å². The monoisotopic (exact) mass is 248 g/mol. The van der Waals surface area contributed by atoms with E-state index in [0.717, 1.165) is 7.11 Å². The minimum absolute atomic E-state index is 0.0845. The molecule has 5 heteroatoms. The molecule has 0 saturated carbocycles. The zero-order chi connectivity index (χ0) is 12.7. The molecule has 0 amide bonds. The molecule has 0 radical (unpaired) electrons. The topological polar surface area (TPSA) is 9.23 Å². The van der Waals surface area contributed by atoms with Crippen LogP contribution in [0, 0.1) is 5.82 Å². The van der Waals surface area contributed by atoms with Crippen LogP contribution < -0.4 is 0 Å². The molecule has 1 aliphatic carbocycles. The van der Waals surface area contributed by atoms with E-state index in [1.807, 2.05) is 0 Å². The summed E-state index contributed by atoms with van der Waals surface area (Å²) in [7, 11) is 1.02. The first-order valence-corrected chi connectivity index (χ1v) is 5.32. The predicted octanol–water partition coefficient (Wildman–Crippen LogP) is 3.57. The van der Waals surface area contributed by atoms with Gasteiger partial charge in [0.05, 0.1) is 0 Å². The molecule has 1 aromatic rings. The van der Waals surface area contributed by atoms with Crippen molar-refractivity contribution >= 4 is 0 Å². The largest absolute Gasteiger partial charge is 0.421 e. The van der Waals surface area contributed by atoms with E-state index < -0.39 is 17.6 Å². The summed E-state index contributed by atoms with van der Waals surface area (Å²) in [5.74, 6) is -0.590. The molecule has 1 atom stereocenters. The molecule has 0 heterocycles. The number of rotatable bonds is 1. The highest BCUT2D eigenvalue weighted by atomic mass is 19.4. The molecule has 94 valence electrons. The molecule has 0 bridgehead atoms. The maximum atomic E-state index is 13.5. The van der Waals surface area contributed by atoms with Gasteiger partial charge in [-0.15, -0.1) is 0 Å². The molecule has 0 fully saturated rings. The highest BCUT2D eigenvalue weighted by molar-refractivity contribution is 5.37. The van der Waals surface area contributed by atoms with Crippen molar-refractivity contribution in [2.75, 3.05) is 7.11 Å². The molecule has 17 heavy (non-hydrogen) atoms. The van der Waals surface area contributed by atoms with Crippen LogP contribution in [0.1, 0.15) is 24.0 Å². The van der Waals surface area contributed by atoms with Crippen LogP contribution in [-0.4, -0.2) is 13.3 Å². The third kappa shape index (κ3) is 1.73. The van der Waals surface area contributed by atoms with Gasteiger partial charge in [0.1, 0.15) is 5.82 Å². The van der Waals surface area contributed by atoms with E-state index in [-0.39, 0.29) is 24.0 Å². The molecule has 0 aliphatic heterocycles. The maximum Gasteiger partial charge on any atom is 0.421 e. The van der Waals surface area contributed by atoms with Crippen molar-refractivity contribution in [3.05, 3.63) is 35.1 Å². The molecule has 1 aromatic carbocycles. The smallest absolute Gasteiger partial charge is 0.364 e. The van der Waals surface area contributed by atoms with Gasteiger partial charge in [-0.1, -0.05) is 12.1 Å². The van der Waals surface area contributed by atoms with Gasteiger partial charge in [-0.2, -0.15) is 13.2 Å². The maximum absolute atomic E-state index is 13.5. The first-order valence-electron chi connectivity index (χ1n) is 5.32. The predicted molar refractivity (Wildman–Crippen MR) is 54.1 cm³/mol. The van der Waals surface area contributed by atoms with Crippen molar-refractivity contribution < 1.29 is 22.3 Å². The molecular formula is C12H12F4O. The number of hydrogen-bond acceptors (Lipinski definition) is 1. The quantitative estimate of drug-likeness (QED) is 0.690. The molecule has 0 N–H and O–H groups in total. The zero-order valence-electron chi connectivity index (χ0n) is 9.27. The Hall–Kier alpha value is -1.10. The van der Waals surface area contributed by atoms with Crippen LogP contribution in [0.4, 0.5) is 17.6 Å². The molecule has 0 saturated heterocycles. The summed E-state index contributed by atoms with van der Waals surface area (Å²) in [4.78, 5) is 0. The van der Waals surface area contributed by atoms with Gasteiger partial charge in [-0.3, -0.25) is 0 Å². The van der Waals surface area contributed by atoms with Crippen LogP contribution in [-0.2, 0) is 16.8 Å². The van der Waals surface area contributed by atoms with E-state index >= 15 is 0 Å². The van der Waals surface area contributed by atoms with Crippen LogP contribution in [0.5, 0.6) is 0 Å². The summed E-state index contributed by atoms with van der Waals surface area (Å²) in [5, 5.41) is 0. The lowest BCUT2D eigenvalue weighted by molar-refractivity contribution is -0.281. The van der Waals surface area contributed by atoms with Crippen LogP contribution in [0.2, 0.25) is 0 Å². The standard InChI is InChI=1S/C12H12F4O/c1-17-11(12(14,15)16)7-3-4-8-9(11)5-2-6-10(8)13/h2,5-6H,3-4,7H2,1H3. The van der Waals surface area contributed by atoms with Gasteiger partial charge < -0.3 is 4.74 Å². The molecular weight excluding hydrogens is 236 g/mol. The van der Waals surface area contributed by atoms with Crippen molar-refractivity contribution in [1.82, 2.24) is 0 Å². The number of halogens is 4. The SMILES string of the molecule is COC1(C(F)(F)F)CCCc2c(F)cccc21. The van der Waals surface area contributed by atoms with Gasteiger partial charge in [0.25, 0.3) is 0 Å². The summed E-state index contributed by atoms with van der Waals surface area (Å²) in [5.41, 5.74) is -2.32. The van der Waals surface area contributed by atoms with Gasteiger partial charge in [-0.05, 0) is 36.5 Å². The molecule has 1 aliphatic rings. The van der Waals surface area contributed by atoms with E-state index in [9.17, 15) is 17.6 Å². The molecule has 2 rings (SSSR count). The third-order valence-corrected chi connectivity index (χ3v) is 3.32. The van der Waals surface area contributed by atoms with Crippen LogP contribution in [0.25, 0.3) is 0 Å². The number of ether oxygens (including phenoxy) is 1. The molecule has 1 nitrogen and oxygen atoms in total. The summed E-state index contributed by atoms with van der Waals surface area (Å²) < 4.78 is 57.7. The van der Waals surface area contributed by atoms with E-state index in [1.54, 1.807) is 0 Å². The van der Waals surface area contributed by atoms with E-state index in [4.69, 9.17) is 4.74 Å². The van der Waals surface area contributed by atoms with Gasteiger partial charge in [0.15, 0.2) is 5.60 Å². The fourth-order valence-corrected chi connectivity index (χ4v) is 2.46. The summed E-state index contributed by atoms with van der Waals surface area (Å²) >= 11 is 0. The fraction of sp³-hybridized carbons (Fsp3) is 0.500. The number of hydrogen-bond donors (Lipinski definition) is 0. The Morgan fingerprint density at radius 2 is 2.00 bits per heavy atom. The van der Waals surface area contributed by atoms with Crippen molar-refractivity contribution in [2.45, 2.75) is 31.0 Å². The first kappa shape index (κ1) is 12.4. The second-order valence-corrected chi connectivity index (χ2v) is 4.15. The fourth-order valence-electron chi connectivity index (χ4n) is 2.46. The second-order valence-electron chi connectivity index (χ2n) is 4.15. The Balaban J connectivity index is 2.64. The van der Waals surface area contributed by atoms with Crippen molar-refractivity contribution in [2.24, 2.45) is 0 Å². The Labute approximate surface area is 96.4 Å². The van der Waals surface area contributed by atoms with Gasteiger partial charge in [0.2, 0.25) is 0 Å². The Morgan fingerprint density at radius 3 is 2.59 bits per heavy atom. The summed E-state index contributed by atoms with van der Waals surface area (Å²) in [6, 6.07) is 3.77. The lowest BCUT2D eigenvalue weighted by atomic mass is 9.78. The molecule has 0 spiro atoms. The van der Waals surface area contributed by atoms with Crippen molar-refractivity contribution in [3.8, 4) is 0 Å². The summed E-state index contributed by atoms with van der Waals surface area (Å²) in [6.45, 7) is 0. The first-order chi connectivity index (χ1) is 7.92. The Bertz CT molecular complexity index is 427. The number of methoxy groups -OCH3 is 1. The van der Waals surface area contributed by atoms with E-state index in [2.05, 4.69) is 0 Å². The second kappa shape index (κ2) is 3.98. The normalized spacial score (nSPS) is 24.5. The number of fused-ring (bicyclic) bond motifs is 1. The lowest BCUT2D eigenvalue weighted by Gasteiger charge is -2.39. The van der Waals surface area contributed by atoms with Crippen LogP contribution in [0.3, 0.4) is 0 Å². The summed E-state index contributed by atoms with van der Waals surface area (Å²) in [6.07, 6.45) is -4.11. The van der Waals surface area contributed by atoms with Crippen molar-refractivity contribution in [1.29, 1.82) is 0 Å². The highest BCUT2D eigenvalue weighted by Crippen LogP contribution is 2.49. The minimum atomic E-state index is -4.54. The van der Waals surface area contributed by atoms with E-state index in [0.29, 0.717) is 6.42 Å². The van der Waals surface area contributed by atoms with Crippen LogP contribution >= 0.6 is 0 Å². The third-order valence-electron chi connectivity index (χ3n) is 3.32. The zero-order valence-corrected chi connectivity index (χ0v) is 9.27.